The van der Waals surface area contributed by atoms with Crippen molar-refractivity contribution in [2.24, 2.45) is 0 Å². The molecule has 29 heavy (non-hydrogen) atoms. The van der Waals surface area contributed by atoms with Gasteiger partial charge in [0.05, 0.1) is 7.11 Å². The SMILES string of the molecule is COc1ccccc1CC(c1ccccc1)N1CCN(C2CCCCCC2)CC1. The maximum Gasteiger partial charge on any atom is 0.122 e. The van der Waals surface area contributed by atoms with Crippen LogP contribution in [0.4, 0.5) is 0 Å². The third-order valence-electron chi connectivity index (χ3n) is 6.92. The maximum absolute atomic E-state index is 5.65. The average Bonchev–Trinajstić information content (AvgIpc) is 3.08. The Bertz CT molecular complexity index is 731. The number of ether oxygens (including phenoxy) is 1. The summed E-state index contributed by atoms with van der Waals surface area (Å²) < 4.78 is 5.65. The number of rotatable bonds is 6. The first-order valence-corrected chi connectivity index (χ1v) is 11.5. The van der Waals surface area contributed by atoms with Crippen LogP contribution in [0.15, 0.2) is 54.6 Å². The molecule has 0 radical (unpaired) electrons. The molecule has 2 aliphatic rings. The molecule has 1 heterocycles. The van der Waals surface area contributed by atoms with Gasteiger partial charge >= 0.3 is 0 Å². The fraction of sp³-hybridized carbons (Fsp3) is 0.538. The second-order valence-corrected chi connectivity index (χ2v) is 8.66. The van der Waals surface area contributed by atoms with Gasteiger partial charge in [0, 0.05) is 38.3 Å². The third kappa shape index (κ3) is 5.21. The zero-order valence-electron chi connectivity index (χ0n) is 17.9. The first kappa shape index (κ1) is 20.4. The standard InChI is InChI=1S/C26H36N2O/c1-29-26-16-10-9-13-23(26)21-25(22-11-5-4-6-12-22)28-19-17-27(18-20-28)24-14-7-2-3-8-15-24/h4-6,9-13,16,24-25H,2-3,7-8,14-15,17-21H2,1H3. The van der Waals surface area contributed by atoms with Crippen LogP contribution < -0.4 is 4.74 Å². The minimum atomic E-state index is 0.406. The van der Waals surface area contributed by atoms with Gasteiger partial charge in [-0.3, -0.25) is 9.80 Å². The molecule has 0 bridgehead atoms. The monoisotopic (exact) mass is 392 g/mol. The summed E-state index contributed by atoms with van der Waals surface area (Å²) in [6.07, 6.45) is 9.53. The molecular formula is C26H36N2O. The second kappa shape index (κ2) is 10.3. The summed E-state index contributed by atoms with van der Waals surface area (Å²) in [5, 5.41) is 0. The summed E-state index contributed by atoms with van der Waals surface area (Å²) in [6, 6.07) is 20.8. The molecule has 156 valence electrons. The van der Waals surface area contributed by atoms with Crippen molar-refractivity contribution in [1.29, 1.82) is 0 Å². The number of piperazine rings is 1. The Morgan fingerprint density at radius 3 is 2.17 bits per heavy atom. The van der Waals surface area contributed by atoms with Crippen LogP contribution in [0.5, 0.6) is 5.75 Å². The lowest BCUT2D eigenvalue weighted by molar-refractivity contribution is 0.0631. The third-order valence-corrected chi connectivity index (χ3v) is 6.92. The van der Waals surface area contributed by atoms with Crippen LogP contribution in [0.2, 0.25) is 0 Å². The average molecular weight is 393 g/mol. The van der Waals surface area contributed by atoms with E-state index in [2.05, 4.69) is 64.4 Å². The lowest BCUT2D eigenvalue weighted by Gasteiger charge is -2.42. The van der Waals surface area contributed by atoms with Crippen molar-refractivity contribution >= 4 is 0 Å². The van der Waals surface area contributed by atoms with Gasteiger partial charge in [-0.15, -0.1) is 0 Å². The number of nitrogens with zero attached hydrogens (tertiary/aromatic N) is 2. The highest BCUT2D eigenvalue weighted by molar-refractivity contribution is 5.35. The van der Waals surface area contributed by atoms with Gasteiger partial charge in [0.15, 0.2) is 0 Å². The molecule has 2 aromatic carbocycles. The maximum atomic E-state index is 5.65. The molecule has 2 aromatic rings. The number of para-hydroxylation sites is 1. The van der Waals surface area contributed by atoms with Crippen LogP contribution in [0.1, 0.15) is 55.7 Å². The van der Waals surface area contributed by atoms with Crippen molar-refractivity contribution < 1.29 is 4.74 Å². The summed E-state index contributed by atoms with van der Waals surface area (Å²) in [7, 11) is 1.78. The van der Waals surface area contributed by atoms with E-state index in [1.54, 1.807) is 7.11 Å². The molecule has 0 aromatic heterocycles. The van der Waals surface area contributed by atoms with Crippen molar-refractivity contribution in [2.45, 2.75) is 57.0 Å². The normalized spacial score (nSPS) is 20.9. The zero-order valence-corrected chi connectivity index (χ0v) is 17.9. The fourth-order valence-electron chi connectivity index (χ4n) is 5.25. The molecule has 0 N–H and O–H groups in total. The highest BCUT2D eigenvalue weighted by Crippen LogP contribution is 2.31. The van der Waals surface area contributed by atoms with Crippen molar-refractivity contribution in [3.63, 3.8) is 0 Å². The van der Waals surface area contributed by atoms with E-state index >= 15 is 0 Å². The summed E-state index contributed by atoms with van der Waals surface area (Å²) in [6.45, 7) is 4.73. The van der Waals surface area contributed by atoms with Crippen LogP contribution >= 0.6 is 0 Å². The Balaban J connectivity index is 1.47. The van der Waals surface area contributed by atoms with Gasteiger partial charge in [-0.1, -0.05) is 74.2 Å². The Kier molecular flexibility index (Phi) is 7.23. The molecule has 3 heteroatoms. The van der Waals surface area contributed by atoms with E-state index in [0.29, 0.717) is 6.04 Å². The molecule has 3 nitrogen and oxygen atoms in total. The Morgan fingerprint density at radius 1 is 0.828 bits per heavy atom. The highest BCUT2D eigenvalue weighted by Gasteiger charge is 2.29. The molecule has 1 aliphatic carbocycles. The molecule has 1 saturated heterocycles. The Labute approximate surface area is 176 Å². The molecular weight excluding hydrogens is 356 g/mol. The molecule has 2 fully saturated rings. The van der Waals surface area contributed by atoms with Crippen molar-refractivity contribution in [3.8, 4) is 5.75 Å². The van der Waals surface area contributed by atoms with Crippen LogP contribution in [0.3, 0.4) is 0 Å². The summed E-state index contributed by atoms with van der Waals surface area (Å²) in [5.74, 6) is 1.01. The van der Waals surface area contributed by atoms with E-state index in [4.69, 9.17) is 4.74 Å². The topological polar surface area (TPSA) is 15.7 Å². The molecule has 1 saturated carbocycles. The molecule has 1 unspecified atom stereocenters. The van der Waals surface area contributed by atoms with Gasteiger partial charge < -0.3 is 4.74 Å². The zero-order chi connectivity index (χ0) is 19.9. The first-order valence-electron chi connectivity index (χ1n) is 11.5. The van der Waals surface area contributed by atoms with Gasteiger partial charge in [0.2, 0.25) is 0 Å². The van der Waals surface area contributed by atoms with Crippen LogP contribution in [0.25, 0.3) is 0 Å². The van der Waals surface area contributed by atoms with Gasteiger partial charge in [-0.25, -0.2) is 0 Å². The first-order chi connectivity index (χ1) is 14.3. The van der Waals surface area contributed by atoms with Crippen LogP contribution in [-0.2, 0) is 6.42 Å². The number of methoxy groups -OCH3 is 1. The predicted molar refractivity (Wildman–Crippen MR) is 121 cm³/mol. The van der Waals surface area contributed by atoms with Gasteiger partial charge in [0.25, 0.3) is 0 Å². The number of hydrogen-bond acceptors (Lipinski definition) is 3. The largest absolute Gasteiger partial charge is 0.496 e. The van der Waals surface area contributed by atoms with Crippen molar-refractivity contribution in [1.82, 2.24) is 9.80 Å². The quantitative estimate of drug-likeness (QED) is 0.619. The van der Waals surface area contributed by atoms with E-state index in [1.165, 1.54) is 62.7 Å². The Hall–Kier alpha value is -1.84. The van der Waals surface area contributed by atoms with E-state index in [-0.39, 0.29) is 0 Å². The van der Waals surface area contributed by atoms with Gasteiger partial charge in [0.1, 0.15) is 5.75 Å². The summed E-state index contributed by atoms with van der Waals surface area (Å²) in [5.41, 5.74) is 2.72. The lowest BCUT2D eigenvalue weighted by Crippen LogP contribution is -2.51. The second-order valence-electron chi connectivity index (χ2n) is 8.66. The number of hydrogen-bond donors (Lipinski definition) is 0. The van der Waals surface area contributed by atoms with Crippen LogP contribution in [0, 0.1) is 0 Å². The van der Waals surface area contributed by atoms with E-state index in [1.807, 2.05) is 0 Å². The number of benzene rings is 2. The smallest absolute Gasteiger partial charge is 0.122 e. The minimum Gasteiger partial charge on any atom is -0.496 e. The molecule has 1 aliphatic heterocycles. The molecule has 1 atom stereocenters. The Morgan fingerprint density at radius 2 is 1.48 bits per heavy atom. The highest BCUT2D eigenvalue weighted by atomic mass is 16.5. The predicted octanol–water partition coefficient (Wildman–Crippen LogP) is 5.32. The summed E-state index contributed by atoms with van der Waals surface area (Å²) >= 11 is 0. The summed E-state index contributed by atoms with van der Waals surface area (Å²) in [4.78, 5) is 5.49. The molecule has 0 amide bonds. The van der Waals surface area contributed by atoms with E-state index in [0.717, 1.165) is 31.3 Å². The van der Waals surface area contributed by atoms with E-state index < -0.39 is 0 Å². The van der Waals surface area contributed by atoms with Crippen molar-refractivity contribution in [2.75, 3.05) is 33.3 Å². The van der Waals surface area contributed by atoms with Crippen molar-refractivity contribution in [3.05, 3.63) is 65.7 Å². The minimum absolute atomic E-state index is 0.406. The lowest BCUT2D eigenvalue weighted by atomic mass is 9.95. The fourth-order valence-corrected chi connectivity index (χ4v) is 5.25. The van der Waals surface area contributed by atoms with Gasteiger partial charge in [-0.2, -0.15) is 0 Å². The molecule has 4 rings (SSSR count). The van der Waals surface area contributed by atoms with E-state index in [9.17, 15) is 0 Å². The molecule has 0 spiro atoms. The van der Waals surface area contributed by atoms with Gasteiger partial charge in [-0.05, 0) is 36.5 Å². The van der Waals surface area contributed by atoms with Crippen LogP contribution in [-0.4, -0.2) is 49.1 Å².